The highest BCUT2D eigenvalue weighted by molar-refractivity contribution is 9.11. The minimum absolute atomic E-state index is 0.0635. The summed E-state index contributed by atoms with van der Waals surface area (Å²) in [6, 6.07) is 11.3. The molecule has 0 aliphatic carbocycles. The zero-order chi connectivity index (χ0) is 17.9. The summed E-state index contributed by atoms with van der Waals surface area (Å²) in [5, 5.41) is 10.5. The van der Waals surface area contributed by atoms with E-state index in [1.54, 1.807) is 30.3 Å². The van der Waals surface area contributed by atoms with Crippen molar-refractivity contribution in [2.45, 2.75) is 4.90 Å². The van der Waals surface area contributed by atoms with E-state index in [4.69, 9.17) is 17.4 Å². The van der Waals surface area contributed by atoms with Gasteiger partial charge in [-0.3, -0.25) is 10.1 Å². The van der Waals surface area contributed by atoms with Crippen molar-refractivity contribution in [3.8, 4) is 0 Å². The number of thiocarbonyl (C=S) groups is 1. The summed E-state index contributed by atoms with van der Waals surface area (Å²) in [6.45, 7) is 0. The molecule has 0 spiro atoms. The summed E-state index contributed by atoms with van der Waals surface area (Å²) in [7, 11) is -3.84. The summed E-state index contributed by atoms with van der Waals surface area (Å²) in [4.78, 5) is 12.0. The number of anilines is 1. The first-order valence-corrected chi connectivity index (χ1v) is 9.92. The van der Waals surface area contributed by atoms with Crippen molar-refractivity contribution < 1.29 is 13.2 Å². The third kappa shape index (κ3) is 4.84. The highest BCUT2D eigenvalue weighted by Crippen LogP contribution is 2.33. The van der Waals surface area contributed by atoms with Gasteiger partial charge >= 0.3 is 0 Å². The average molecular weight is 493 g/mol. The zero-order valence-electron chi connectivity index (χ0n) is 11.9. The maximum atomic E-state index is 12.0. The first-order chi connectivity index (χ1) is 11.2. The second-order valence-corrected chi connectivity index (χ2v) is 8.26. The Balaban J connectivity index is 2.16. The van der Waals surface area contributed by atoms with Crippen LogP contribution < -0.4 is 15.8 Å². The van der Waals surface area contributed by atoms with Crippen LogP contribution in [0.3, 0.4) is 0 Å². The molecular formula is C14H11Br2N3O3S2. The van der Waals surface area contributed by atoms with Crippen molar-refractivity contribution in [1.82, 2.24) is 5.32 Å². The molecule has 0 saturated heterocycles. The highest BCUT2D eigenvalue weighted by atomic mass is 79.9. The Morgan fingerprint density at radius 1 is 1.08 bits per heavy atom. The zero-order valence-corrected chi connectivity index (χ0v) is 16.7. The molecule has 24 heavy (non-hydrogen) atoms. The summed E-state index contributed by atoms with van der Waals surface area (Å²) in [6.07, 6.45) is 0. The Hall–Kier alpha value is -1.33. The lowest BCUT2D eigenvalue weighted by Crippen LogP contribution is -2.34. The molecule has 2 aromatic carbocycles. The molecule has 0 bridgehead atoms. The van der Waals surface area contributed by atoms with Gasteiger partial charge in [-0.1, -0.05) is 18.2 Å². The highest BCUT2D eigenvalue weighted by Gasteiger charge is 2.16. The number of nitrogens with two attached hydrogens (primary N) is 1. The van der Waals surface area contributed by atoms with Gasteiger partial charge in [-0.05, 0) is 68.3 Å². The maximum Gasteiger partial charge on any atom is 0.257 e. The minimum Gasteiger partial charge on any atom is -0.331 e. The fraction of sp³-hybridized carbons (Fsp3) is 0. The van der Waals surface area contributed by atoms with Crippen LogP contribution in [0.2, 0.25) is 0 Å². The molecule has 0 atom stereocenters. The van der Waals surface area contributed by atoms with Gasteiger partial charge < -0.3 is 5.32 Å². The van der Waals surface area contributed by atoms with E-state index in [9.17, 15) is 13.2 Å². The summed E-state index contributed by atoms with van der Waals surface area (Å²) in [5.41, 5.74) is 0.921. The Morgan fingerprint density at radius 3 is 2.12 bits per heavy atom. The topological polar surface area (TPSA) is 101 Å². The number of sulfonamides is 1. The lowest BCUT2D eigenvalue weighted by atomic mass is 10.2. The van der Waals surface area contributed by atoms with Gasteiger partial charge in [-0.25, -0.2) is 13.6 Å². The van der Waals surface area contributed by atoms with Crippen LogP contribution in [0.5, 0.6) is 0 Å². The van der Waals surface area contributed by atoms with Gasteiger partial charge in [0.25, 0.3) is 5.91 Å². The van der Waals surface area contributed by atoms with Crippen LogP contribution in [-0.4, -0.2) is 19.4 Å². The van der Waals surface area contributed by atoms with Gasteiger partial charge in [0.2, 0.25) is 10.0 Å². The number of primary sulfonamides is 1. The Labute approximate surface area is 161 Å². The molecule has 0 radical (unpaired) electrons. The summed E-state index contributed by atoms with van der Waals surface area (Å²) >= 11 is 11.6. The van der Waals surface area contributed by atoms with Crippen molar-refractivity contribution in [2.75, 3.05) is 5.32 Å². The van der Waals surface area contributed by atoms with Crippen LogP contribution in [0.25, 0.3) is 0 Å². The fourth-order valence-electron chi connectivity index (χ4n) is 1.74. The van der Waals surface area contributed by atoms with Gasteiger partial charge in [0, 0.05) is 14.5 Å². The van der Waals surface area contributed by atoms with Crippen molar-refractivity contribution in [1.29, 1.82) is 0 Å². The van der Waals surface area contributed by atoms with Crippen LogP contribution in [0.4, 0.5) is 5.69 Å². The van der Waals surface area contributed by atoms with Gasteiger partial charge in [-0.2, -0.15) is 0 Å². The van der Waals surface area contributed by atoms with E-state index in [1.807, 2.05) is 0 Å². The molecule has 4 N–H and O–H groups in total. The van der Waals surface area contributed by atoms with E-state index in [1.165, 1.54) is 12.1 Å². The number of halogens is 2. The van der Waals surface area contributed by atoms with E-state index in [0.29, 0.717) is 20.2 Å². The molecule has 0 heterocycles. The van der Waals surface area contributed by atoms with E-state index < -0.39 is 10.0 Å². The van der Waals surface area contributed by atoms with Crippen molar-refractivity contribution in [2.24, 2.45) is 5.14 Å². The van der Waals surface area contributed by atoms with Gasteiger partial charge in [-0.15, -0.1) is 0 Å². The van der Waals surface area contributed by atoms with E-state index in [2.05, 4.69) is 42.5 Å². The summed E-state index contributed by atoms with van der Waals surface area (Å²) in [5.74, 6) is -0.360. The van der Waals surface area contributed by atoms with Crippen molar-refractivity contribution in [3.63, 3.8) is 0 Å². The monoisotopic (exact) mass is 491 g/mol. The summed E-state index contributed by atoms with van der Waals surface area (Å²) < 4.78 is 23.6. The average Bonchev–Trinajstić information content (AvgIpc) is 2.50. The Bertz CT molecular complexity index is 880. The number of amides is 1. The molecule has 0 unspecified atom stereocenters. The lowest BCUT2D eigenvalue weighted by molar-refractivity contribution is 0.0977. The second kappa shape index (κ2) is 7.70. The molecule has 126 valence electrons. The lowest BCUT2D eigenvalue weighted by Gasteiger charge is -2.14. The van der Waals surface area contributed by atoms with Crippen molar-refractivity contribution in [3.05, 3.63) is 57.0 Å². The van der Waals surface area contributed by atoms with E-state index in [-0.39, 0.29) is 15.9 Å². The Kier molecular flexibility index (Phi) is 6.10. The number of carbonyl (C=O) groups excluding carboxylic acids is 1. The molecule has 2 rings (SSSR count). The molecule has 10 heteroatoms. The van der Waals surface area contributed by atoms with E-state index in [0.717, 1.165) is 0 Å². The van der Waals surface area contributed by atoms with Crippen LogP contribution in [0, 0.1) is 0 Å². The molecule has 2 aromatic rings. The van der Waals surface area contributed by atoms with Crippen LogP contribution in [0.1, 0.15) is 10.4 Å². The van der Waals surface area contributed by atoms with Gasteiger partial charge in [0.1, 0.15) is 0 Å². The standard InChI is InChI=1S/C14H11Br2N3O3S2/c15-10-6-9(24(17,21)22)7-11(16)12(10)18-14(23)19-13(20)8-4-2-1-3-5-8/h1-7H,(H2,17,21,22)(H2,18,19,20,23). The molecule has 0 saturated carbocycles. The minimum atomic E-state index is -3.84. The molecule has 0 aromatic heterocycles. The predicted molar refractivity (Wildman–Crippen MR) is 103 cm³/mol. The van der Waals surface area contributed by atoms with Gasteiger partial charge in [0.05, 0.1) is 10.6 Å². The molecule has 0 fully saturated rings. The number of rotatable bonds is 3. The van der Waals surface area contributed by atoms with Crippen LogP contribution >= 0.6 is 44.1 Å². The first kappa shape index (κ1) is 19.0. The second-order valence-electron chi connectivity index (χ2n) is 4.58. The van der Waals surface area contributed by atoms with E-state index >= 15 is 0 Å². The Morgan fingerprint density at radius 2 is 1.62 bits per heavy atom. The smallest absolute Gasteiger partial charge is 0.257 e. The third-order valence-corrected chi connectivity index (χ3v) is 5.19. The third-order valence-electron chi connectivity index (χ3n) is 2.85. The molecular weight excluding hydrogens is 482 g/mol. The molecule has 0 aliphatic rings. The SMILES string of the molecule is NS(=O)(=O)c1cc(Br)c(NC(=S)NC(=O)c2ccccc2)c(Br)c1. The van der Waals surface area contributed by atoms with Crippen LogP contribution in [-0.2, 0) is 10.0 Å². The molecule has 0 aliphatic heterocycles. The quantitative estimate of drug-likeness (QED) is 0.571. The maximum absolute atomic E-state index is 12.0. The number of benzene rings is 2. The first-order valence-electron chi connectivity index (χ1n) is 6.37. The van der Waals surface area contributed by atoms with Crippen LogP contribution in [0.15, 0.2) is 56.3 Å². The largest absolute Gasteiger partial charge is 0.331 e. The predicted octanol–water partition coefficient (Wildman–Crippen LogP) is 2.99. The van der Waals surface area contributed by atoms with Gasteiger partial charge in [0.15, 0.2) is 5.11 Å². The number of hydrogen-bond donors (Lipinski definition) is 3. The molecule has 6 nitrogen and oxygen atoms in total. The number of nitrogens with one attached hydrogen (secondary N) is 2. The normalized spacial score (nSPS) is 11.0. The molecule has 1 amide bonds. The van der Waals surface area contributed by atoms with Crippen molar-refractivity contribution >= 4 is 70.8 Å². The number of carbonyl (C=O) groups is 1. The number of hydrogen-bond acceptors (Lipinski definition) is 4. The fourth-order valence-corrected chi connectivity index (χ4v) is 4.19.